The molecule has 0 saturated carbocycles. The molecular formula is C21H18FN7O2. The monoisotopic (exact) mass is 419 g/mol. The van der Waals surface area contributed by atoms with Gasteiger partial charge in [0.05, 0.1) is 17.0 Å². The zero-order chi connectivity index (χ0) is 21.1. The quantitative estimate of drug-likeness (QED) is 0.498. The molecule has 3 aromatic rings. The highest BCUT2D eigenvalue weighted by Crippen LogP contribution is 2.40. The van der Waals surface area contributed by atoms with Crippen molar-refractivity contribution in [1.82, 2.24) is 30.6 Å². The Labute approximate surface area is 175 Å². The summed E-state index contributed by atoms with van der Waals surface area (Å²) in [5.74, 6) is -0.764. The summed E-state index contributed by atoms with van der Waals surface area (Å²) in [7, 11) is 0. The van der Waals surface area contributed by atoms with Gasteiger partial charge in [-0.2, -0.15) is 0 Å². The van der Waals surface area contributed by atoms with Crippen LogP contribution < -0.4 is 16.0 Å². The van der Waals surface area contributed by atoms with E-state index in [0.717, 1.165) is 16.8 Å². The first-order valence-corrected chi connectivity index (χ1v) is 10.2. The molecule has 0 unspecified atom stereocenters. The molecule has 31 heavy (non-hydrogen) atoms. The molecule has 1 aliphatic carbocycles. The van der Waals surface area contributed by atoms with Gasteiger partial charge in [-0.3, -0.25) is 9.59 Å². The summed E-state index contributed by atoms with van der Waals surface area (Å²) < 4.78 is 15.7. The van der Waals surface area contributed by atoms with Crippen LogP contribution in [0.1, 0.15) is 43.2 Å². The molecule has 2 aliphatic heterocycles. The Kier molecular flexibility index (Phi) is 3.83. The third-order valence-electron chi connectivity index (χ3n) is 6.10. The minimum atomic E-state index is -0.541. The van der Waals surface area contributed by atoms with Gasteiger partial charge in [-0.25, -0.2) is 19.3 Å². The SMILES string of the molecule is O=C1NCCc2ncnc(Nc3ncc4c(c3F)-c3[nH]c5c(c3CC4)C(=O)NCC5)c21. The van der Waals surface area contributed by atoms with Gasteiger partial charge < -0.3 is 20.9 Å². The molecule has 0 spiro atoms. The number of aromatic amines is 1. The molecule has 0 aromatic carbocycles. The first-order valence-electron chi connectivity index (χ1n) is 10.2. The third kappa shape index (κ3) is 2.64. The maximum absolute atomic E-state index is 15.7. The van der Waals surface area contributed by atoms with Gasteiger partial charge in [-0.05, 0) is 24.0 Å². The number of amides is 2. The number of halogens is 1. The van der Waals surface area contributed by atoms with Crippen LogP contribution in [0, 0.1) is 5.82 Å². The maximum Gasteiger partial charge on any atom is 0.256 e. The normalized spacial score (nSPS) is 16.4. The number of rotatable bonds is 2. The number of nitrogens with zero attached hydrogens (tertiary/aromatic N) is 3. The third-order valence-corrected chi connectivity index (χ3v) is 6.10. The molecule has 0 saturated heterocycles. The molecule has 2 amide bonds. The smallest absolute Gasteiger partial charge is 0.256 e. The highest BCUT2D eigenvalue weighted by molar-refractivity contribution is 6.02. The van der Waals surface area contributed by atoms with Gasteiger partial charge in [0.2, 0.25) is 0 Å². The Morgan fingerprint density at radius 1 is 0.871 bits per heavy atom. The van der Waals surface area contributed by atoms with E-state index >= 15 is 4.39 Å². The fourth-order valence-electron chi connectivity index (χ4n) is 4.68. The topological polar surface area (TPSA) is 125 Å². The Morgan fingerprint density at radius 3 is 2.55 bits per heavy atom. The van der Waals surface area contributed by atoms with E-state index in [1.54, 1.807) is 6.20 Å². The number of aryl methyl sites for hydroxylation is 1. The minimum absolute atomic E-state index is 0.0251. The number of anilines is 2. The average molecular weight is 419 g/mol. The number of pyridine rings is 1. The molecule has 4 N–H and O–H groups in total. The molecule has 3 aliphatic rings. The molecule has 3 aromatic heterocycles. The van der Waals surface area contributed by atoms with Crippen LogP contribution >= 0.6 is 0 Å². The van der Waals surface area contributed by atoms with Crippen LogP contribution in [-0.2, 0) is 25.7 Å². The van der Waals surface area contributed by atoms with Crippen molar-refractivity contribution in [1.29, 1.82) is 0 Å². The predicted molar refractivity (Wildman–Crippen MR) is 109 cm³/mol. The number of H-pyrrole nitrogens is 1. The average Bonchev–Trinajstić information content (AvgIpc) is 3.15. The van der Waals surface area contributed by atoms with Crippen LogP contribution in [0.25, 0.3) is 11.3 Å². The Balaban J connectivity index is 1.46. The van der Waals surface area contributed by atoms with Crippen molar-refractivity contribution in [2.45, 2.75) is 25.7 Å². The lowest BCUT2D eigenvalue weighted by molar-refractivity contribution is 0.0937. The lowest BCUT2D eigenvalue weighted by atomic mass is 9.88. The van der Waals surface area contributed by atoms with E-state index < -0.39 is 5.82 Å². The fourth-order valence-corrected chi connectivity index (χ4v) is 4.68. The van der Waals surface area contributed by atoms with Crippen molar-refractivity contribution < 1.29 is 14.0 Å². The highest BCUT2D eigenvalue weighted by Gasteiger charge is 2.32. The zero-order valence-corrected chi connectivity index (χ0v) is 16.4. The lowest BCUT2D eigenvalue weighted by Crippen LogP contribution is -2.33. The van der Waals surface area contributed by atoms with Crippen LogP contribution in [0.3, 0.4) is 0 Å². The molecule has 6 rings (SSSR count). The highest BCUT2D eigenvalue weighted by atomic mass is 19.1. The minimum Gasteiger partial charge on any atom is -0.357 e. The van der Waals surface area contributed by atoms with E-state index in [2.05, 4.69) is 35.9 Å². The second-order valence-electron chi connectivity index (χ2n) is 7.83. The van der Waals surface area contributed by atoms with Gasteiger partial charge in [-0.15, -0.1) is 0 Å². The Morgan fingerprint density at radius 2 is 1.68 bits per heavy atom. The van der Waals surface area contributed by atoms with Crippen molar-refractivity contribution in [3.63, 3.8) is 0 Å². The van der Waals surface area contributed by atoms with Crippen molar-refractivity contribution in [3.05, 3.63) is 52.0 Å². The second kappa shape index (κ2) is 6.59. The first kappa shape index (κ1) is 18.0. The van der Waals surface area contributed by atoms with Crippen LogP contribution in [0.15, 0.2) is 12.5 Å². The fraction of sp³-hybridized carbons (Fsp3) is 0.286. The number of nitrogens with one attached hydrogen (secondary N) is 4. The lowest BCUT2D eigenvalue weighted by Gasteiger charge is -2.21. The van der Waals surface area contributed by atoms with Gasteiger partial charge in [-0.1, -0.05) is 0 Å². The standard InChI is InChI=1S/C21H18FN7O2/c22-16-13-9(1-2-10-14-12(28-17(10)13)4-6-23-20(14)30)7-25-19(16)29-18-15-11(26-8-27-18)3-5-24-21(15)31/h7-8,28H,1-6H2,(H,23,30)(H,24,31)(H,25,26,27,29). The number of hydrogen-bond acceptors (Lipinski definition) is 6. The van der Waals surface area contributed by atoms with Crippen molar-refractivity contribution in [2.24, 2.45) is 0 Å². The molecule has 10 heteroatoms. The summed E-state index contributed by atoms with van der Waals surface area (Å²) in [4.78, 5) is 40.6. The Bertz CT molecular complexity index is 1280. The largest absolute Gasteiger partial charge is 0.357 e. The van der Waals surface area contributed by atoms with Gasteiger partial charge >= 0.3 is 0 Å². The van der Waals surface area contributed by atoms with Crippen LogP contribution in [0.5, 0.6) is 0 Å². The number of carbonyl (C=O) groups excluding carboxylic acids is 2. The van der Waals surface area contributed by atoms with Gasteiger partial charge in [0.25, 0.3) is 11.8 Å². The van der Waals surface area contributed by atoms with Crippen LogP contribution in [-0.4, -0.2) is 44.8 Å². The Hall–Kier alpha value is -3.82. The number of aromatic nitrogens is 4. The number of fused-ring (bicyclic) bond motifs is 6. The van der Waals surface area contributed by atoms with Gasteiger partial charge in [0, 0.05) is 43.4 Å². The van der Waals surface area contributed by atoms with Crippen molar-refractivity contribution >= 4 is 23.5 Å². The first-order chi connectivity index (χ1) is 15.1. The molecule has 0 radical (unpaired) electrons. The summed E-state index contributed by atoms with van der Waals surface area (Å²) in [5, 5.41) is 8.51. The van der Waals surface area contributed by atoms with E-state index in [0.29, 0.717) is 66.9 Å². The van der Waals surface area contributed by atoms with Crippen LogP contribution in [0.2, 0.25) is 0 Å². The molecule has 0 fully saturated rings. The zero-order valence-electron chi connectivity index (χ0n) is 16.4. The molecule has 156 valence electrons. The molecule has 0 atom stereocenters. The summed E-state index contributed by atoms with van der Waals surface area (Å²) in [6.45, 7) is 1.06. The van der Waals surface area contributed by atoms with E-state index in [-0.39, 0.29) is 23.5 Å². The van der Waals surface area contributed by atoms with E-state index in [9.17, 15) is 9.59 Å². The molecule has 5 heterocycles. The van der Waals surface area contributed by atoms with E-state index in [4.69, 9.17) is 0 Å². The van der Waals surface area contributed by atoms with Gasteiger partial charge in [0.1, 0.15) is 17.7 Å². The number of hydrogen-bond donors (Lipinski definition) is 4. The van der Waals surface area contributed by atoms with Gasteiger partial charge in [0.15, 0.2) is 11.6 Å². The van der Waals surface area contributed by atoms with E-state index in [1.807, 2.05) is 0 Å². The molecule has 9 nitrogen and oxygen atoms in total. The van der Waals surface area contributed by atoms with Crippen LogP contribution in [0.4, 0.5) is 16.0 Å². The molecule has 0 bridgehead atoms. The summed E-state index contributed by atoms with van der Waals surface area (Å²) in [6, 6.07) is 0. The predicted octanol–water partition coefficient (Wildman–Crippen LogP) is 1.42. The van der Waals surface area contributed by atoms with E-state index in [1.165, 1.54) is 6.33 Å². The maximum atomic E-state index is 15.7. The van der Waals surface area contributed by atoms with Crippen molar-refractivity contribution in [3.8, 4) is 11.3 Å². The molecular weight excluding hydrogens is 401 g/mol. The second-order valence-corrected chi connectivity index (χ2v) is 7.83. The summed E-state index contributed by atoms with van der Waals surface area (Å²) in [6.07, 6.45) is 5.49. The van der Waals surface area contributed by atoms with Crippen molar-refractivity contribution in [2.75, 3.05) is 18.4 Å². The summed E-state index contributed by atoms with van der Waals surface area (Å²) in [5.41, 5.74) is 5.06. The number of carbonyl (C=O) groups is 2. The summed E-state index contributed by atoms with van der Waals surface area (Å²) >= 11 is 0.